The molecule has 1 fully saturated rings. The molecule has 0 aromatic heterocycles. The number of rotatable bonds is 8. The first-order valence-corrected chi connectivity index (χ1v) is 12.8. The van der Waals surface area contributed by atoms with Gasteiger partial charge in [0, 0.05) is 10.6 Å². The van der Waals surface area contributed by atoms with E-state index in [2.05, 4.69) is 22.4 Å². The standard InChI is InChI=1S/C22H24ClN3O4S2/c1-4-5-6-20-21(27)25-22(31-20)26-24-13-16-11-14(2)7-10-19(16)30-32(28,29)17-9-8-15(3)18(23)12-17/h7-13,20H,4-6H2,1-3H3,(H,25,26,27)/b24-13+. The molecule has 0 spiro atoms. The van der Waals surface area contributed by atoms with Gasteiger partial charge in [-0.05, 0) is 50.1 Å². The van der Waals surface area contributed by atoms with Crippen molar-refractivity contribution in [3.05, 3.63) is 58.1 Å². The Morgan fingerprint density at radius 3 is 2.72 bits per heavy atom. The first kappa shape index (κ1) is 24.3. The Morgan fingerprint density at radius 2 is 2.00 bits per heavy atom. The lowest BCUT2D eigenvalue weighted by atomic mass is 10.1. The maximum atomic E-state index is 12.7. The van der Waals surface area contributed by atoms with Crippen LogP contribution in [0.15, 0.2) is 51.5 Å². The highest BCUT2D eigenvalue weighted by molar-refractivity contribution is 8.15. The van der Waals surface area contributed by atoms with Crippen LogP contribution in [0.4, 0.5) is 0 Å². The number of unbranched alkanes of at least 4 members (excludes halogenated alkanes) is 1. The van der Waals surface area contributed by atoms with Crippen LogP contribution in [-0.2, 0) is 14.9 Å². The fourth-order valence-electron chi connectivity index (χ4n) is 2.92. The molecule has 1 amide bonds. The van der Waals surface area contributed by atoms with Gasteiger partial charge in [-0.15, -0.1) is 5.10 Å². The highest BCUT2D eigenvalue weighted by Crippen LogP contribution is 2.27. The molecule has 0 radical (unpaired) electrons. The Kier molecular flexibility index (Phi) is 7.97. The summed E-state index contributed by atoms with van der Waals surface area (Å²) in [4.78, 5) is 12.0. The Labute approximate surface area is 197 Å². The average Bonchev–Trinajstić information content (AvgIpc) is 3.09. The molecule has 1 saturated heterocycles. The second-order valence-corrected chi connectivity index (χ2v) is 10.5. The van der Waals surface area contributed by atoms with E-state index in [0.29, 0.717) is 15.8 Å². The number of carbonyl (C=O) groups is 1. The van der Waals surface area contributed by atoms with Gasteiger partial charge in [0.15, 0.2) is 10.9 Å². The number of halogens is 1. The van der Waals surface area contributed by atoms with Crippen molar-refractivity contribution in [2.24, 2.45) is 10.2 Å². The van der Waals surface area contributed by atoms with Gasteiger partial charge < -0.3 is 9.50 Å². The summed E-state index contributed by atoms with van der Waals surface area (Å²) in [5, 5.41) is 11.4. The largest absolute Gasteiger partial charge is 0.378 e. The number of hydrogen-bond acceptors (Lipinski definition) is 7. The number of amidine groups is 1. The van der Waals surface area contributed by atoms with E-state index in [1.165, 1.54) is 30.1 Å². The molecular formula is C22H24ClN3O4S2. The molecular weight excluding hydrogens is 470 g/mol. The van der Waals surface area contributed by atoms with Crippen molar-refractivity contribution in [2.45, 2.75) is 50.2 Å². The van der Waals surface area contributed by atoms with Crippen LogP contribution in [0.5, 0.6) is 5.75 Å². The van der Waals surface area contributed by atoms with Crippen LogP contribution in [0, 0.1) is 13.8 Å². The van der Waals surface area contributed by atoms with Crippen LogP contribution >= 0.6 is 23.4 Å². The molecule has 2 aromatic carbocycles. The summed E-state index contributed by atoms with van der Waals surface area (Å²) < 4.78 is 30.8. The lowest BCUT2D eigenvalue weighted by Crippen LogP contribution is -2.24. The van der Waals surface area contributed by atoms with Gasteiger partial charge in [-0.3, -0.25) is 4.79 Å². The van der Waals surface area contributed by atoms with E-state index in [-0.39, 0.29) is 21.8 Å². The van der Waals surface area contributed by atoms with Crippen molar-refractivity contribution < 1.29 is 17.4 Å². The van der Waals surface area contributed by atoms with Gasteiger partial charge in [0.25, 0.3) is 0 Å². The van der Waals surface area contributed by atoms with Crippen LogP contribution in [0.25, 0.3) is 0 Å². The first-order valence-electron chi connectivity index (χ1n) is 10.1. The fourth-order valence-corrected chi connectivity index (χ4v) is 5.12. The lowest BCUT2D eigenvalue weighted by Gasteiger charge is -2.10. The van der Waals surface area contributed by atoms with Crippen molar-refractivity contribution >= 4 is 50.8 Å². The molecule has 7 nitrogen and oxygen atoms in total. The normalized spacial score (nSPS) is 17.8. The second-order valence-electron chi connectivity index (χ2n) is 7.38. The van der Waals surface area contributed by atoms with E-state index in [1.807, 2.05) is 6.92 Å². The number of thioether (sulfide) groups is 1. The van der Waals surface area contributed by atoms with Crippen molar-refractivity contribution in [3.8, 4) is 5.75 Å². The summed E-state index contributed by atoms with van der Waals surface area (Å²) in [5.74, 6) is 0.0417. The molecule has 1 atom stereocenters. The van der Waals surface area contributed by atoms with Gasteiger partial charge >= 0.3 is 10.1 Å². The van der Waals surface area contributed by atoms with Crippen LogP contribution in [-0.4, -0.2) is 31.0 Å². The molecule has 3 rings (SSSR count). The van der Waals surface area contributed by atoms with E-state index in [1.54, 1.807) is 31.2 Å². The molecule has 1 aliphatic heterocycles. The van der Waals surface area contributed by atoms with Crippen LogP contribution in [0.3, 0.4) is 0 Å². The third kappa shape index (κ3) is 6.11. The number of nitrogens with one attached hydrogen (secondary N) is 1. The van der Waals surface area contributed by atoms with Crippen LogP contribution in [0.1, 0.15) is 42.9 Å². The predicted octanol–water partition coefficient (Wildman–Crippen LogP) is 4.84. The fraction of sp³-hybridized carbons (Fsp3) is 0.318. The topological polar surface area (TPSA) is 97.2 Å². The maximum absolute atomic E-state index is 12.7. The Bertz CT molecular complexity index is 1180. The summed E-state index contributed by atoms with van der Waals surface area (Å²) in [6, 6.07) is 9.45. The summed E-state index contributed by atoms with van der Waals surface area (Å²) >= 11 is 7.41. The zero-order valence-corrected chi connectivity index (χ0v) is 20.4. The van der Waals surface area contributed by atoms with Crippen molar-refractivity contribution in [1.29, 1.82) is 0 Å². The smallest absolute Gasteiger partial charge is 0.339 e. The lowest BCUT2D eigenvalue weighted by molar-refractivity contribution is -0.118. The summed E-state index contributed by atoms with van der Waals surface area (Å²) in [6.07, 6.45) is 4.17. The molecule has 1 heterocycles. The van der Waals surface area contributed by atoms with Crippen molar-refractivity contribution in [1.82, 2.24) is 5.32 Å². The highest BCUT2D eigenvalue weighted by Gasteiger charge is 2.29. The molecule has 170 valence electrons. The number of benzene rings is 2. The van der Waals surface area contributed by atoms with Gasteiger partial charge in [-0.2, -0.15) is 13.5 Å². The third-order valence-electron chi connectivity index (χ3n) is 4.74. The van der Waals surface area contributed by atoms with E-state index in [9.17, 15) is 13.2 Å². The molecule has 0 saturated carbocycles. The molecule has 1 N–H and O–H groups in total. The second kappa shape index (κ2) is 10.5. The Morgan fingerprint density at radius 1 is 1.22 bits per heavy atom. The monoisotopic (exact) mass is 493 g/mol. The molecule has 32 heavy (non-hydrogen) atoms. The predicted molar refractivity (Wildman–Crippen MR) is 129 cm³/mol. The molecule has 1 unspecified atom stereocenters. The molecule has 0 aliphatic carbocycles. The van der Waals surface area contributed by atoms with Crippen LogP contribution in [0.2, 0.25) is 5.02 Å². The molecule has 0 bridgehead atoms. The van der Waals surface area contributed by atoms with Gasteiger partial charge in [0.1, 0.15) is 4.90 Å². The average molecular weight is 494 g/mol. The van der Waals surface area contributed by atoms with E-state index < -0.39 is 10.1 Å². The first-order chi connectivity index (χ1) is 15.2. The zero-order valence-electron chi connectivity index (χ0n) is 18.0. The van der Waals surface area contributed by atoms with Crippen molar-refractivity contribution in [2.75, 3.05) is 0 Å². The number of nitrogens with zero attached hydrogens (tertiary/aromatic N) is 2. The summed E-state index contributed by atoms with van der Waals surface area (Å²) in [5.41, 5.74) is 2.10. The number of amides is 1. The molecule has 10 heteroatoms. The highest BCUT2D eigenvalue weighted by atomic mass is 35.5. The summed E-state index contributed by atoms with van der Waals surface area (Å²) in [7, 11) is -4.10. The molecule has 2 aromatic rings. The van der Waals surface area contributed by atoms with Gasteiger partial charge in [0.05, 0.1) is 11.5 Å². The van der Waals surface area contributed by atoms with Gasteiger partial charge in [-0.25, -0.2) is 0 Å². The third-order valence-corrected chi connectivity index (χ3v) is 7.52. The number of aryl methyl sites for hydroxylation is 2. The quantitative estimate of drug-likeness (QED) is 0.322. The Hall–Kier alpha value is -2.36. The van der Waals surface area contributed by atoms with E-state index >= 15 is 0 Å². The summed E-state index contributed by atoms with van der Waals surface area (Å²) in [6.45, 7) is 5.73. The minimum atomic E-state index is -4.10. The van der Waals surface area contributed by atoms with Crippen LogP contribution < -0.4 is 9.50 Å². The Balaban J connectivity index is 1.79. The van der Waals surface area contributed by atoms with Gasteiger partial charge in [0.2, 0.25) is 5.91 Å². The van der Waals surface area contributed by atoms with Crippen molar-refractivity contribution in [3.63, 3.8) is 0 Å². The number of hydrogen-bond donors (Lipinski definition) is 1. The van der Waals surface area contributed by atoms with Gasteiger partial charge in [-0.1, -0.05) is 60.8 Å². The minimum Gasteiger partial charge on any atom is -0.378 e. The SMILES string of the molecule is CCCCC1S/C(=N/N=C/c2cc(C)ccc2OS(=O)(=O)c2ccc(C)c(Cl)c2)NC1=O. The molecule has 1 aliphatic rings. The minimum absolute atomic E-state index is 0.0417. The number of carbonyl (C=O) groups excluding carboxylic acids is 1. The van der Waals surface area contributed by atoms with E-state index in [4.69, 9.17) is 15.8 Å². The zero-order chi connectivity index (χ0) is 23.3. The maximum Gasteiger partial charge on any atom is 0.339 e. The van der Waals surface area contributed by atoms with E-state index in [0.717, 1.165) is 30.4 Å².